The maximum absolute atomic E-state index is 9.10. The van der Waals surface area contributed by atoms with Crippen LogP contribution in [0.3, 0.4) is 0 Å². The van der Waals surface area contributed by atoms with Crippen molar-refractivity contribution >= 4 is 36.1 Å². The molecule has 4 rings (SSSR count). The monoisotopic (exact) mass is 334 g/mol. The maximum Gasteiger partial charge on any atom is 0.135 e. The van der Waals surface area contributed by atoms with E-state index in [2.05, 4.69) is 72.8 Å². The Morgan fingerprint density at radius 1 is 0.739 bits per heavy atom. The minimum atomic E-state index is -1.40. The first-order chi connectivity index (χ1) is 11.4. The molecule has 23 heavy (non-hydrogen) atoms. The Bertz CT molecular complexity index is 784. The third kappa shape index (κ3) is 2.76. The van der Waals surface area contributed by atoms with Crippen LogP contribution in [0.5, 0.6) is 0 Å². The van der Waals surface area contributed by atoms with E-state index in [0.717, 1.165) is 6.42 Å². The Labute approximate surface area is 142 Å². The van der Waals surface area contributed by atoms with Gasteiger partial charge in [-0.2, -0.15) is 0 Å². The highest BCUT2D eigenvalue weighted by Crippen LogP contribution is 2.29. The fourth-order valence-electron chi connectivity index (χ4n) is 3.27. The highest BCUT2D eigenvalue weighted by Gasteiger charge is 2.28. The zero-order valence-corrected chi connectivity index (χ0v) is 14.7. The molecule has 0 unspecified atom stereocenters. The highest BCUT2D eigenvalue weighted by molar-refractivity contribution is 8.00. The second-order valence-corrected chi connectivity index (χ2v) is 9.69. The average Bonchev–Trinajstić information content (AvgIpc) is 2.61. The van der Waals surface area contributed by atoms with E-state index in [0.29, 0.717) is 0 Å². The number of fused-ring (bicyclic) bond motifs is 2. The highest BCUT2D eigenvalue weighted by atomic mass is 32.2. The molecule has 3 aromatic carbocycles. The quantitative estimate of drug-likeness (QED) is 0.578. The number of rotatable bonds is 3. The second-order valence-electron chi connectivity index (χ2n) is 5.83. The van der Waals surface area contributed by atoms with Crippen LogP contribution in [0.2, 0.25) is 0 Å². The van der Waals surface area contributed by atoms with Gasteiger partial charge >= 0.3 is 0 Å². The van der Waals surface area contributed by atoms with Crippen LogP contribution in [0.4, 0.5) is 0 Å². The summed E-state index contributed by atoms with van der Waals surface area (Å²) in [6.07, 6.45) is 0.732. The predicted molar refractivity (Wildman–Crippen MR) is 100 cm³/mol. The molecular formula is C20H18OSSi. The van der Waals surface area contributed by atoms with Gasteiger partial charge in [0.15, 0.2) is 0 Å². The van der Waals surface area contributed by atoms with Gasteiger partial charge < -0.3 is 5.11 Å². The molecule has 1 aliphatic heterocycles. The van der Waals surface area contributed by atoms with Crippen LogP contribution in [0.25, 0.3) is 0 Å². The van der Waals surface area contributed by atoms with Crippen molar-refractivity contribution in [1.29, 1.82) is 0 Å². The van der Waals surface area contributed by atoms with Gasteiger partial charge in [-0.3, -0.25) is 0 Å². The van der Waals surface area contributed by atoms with Gasteiger partial charge in [0.1, 0.15) is 8.80 Å². The summed E-state index contributed by atoms with van der Waals surface area (Å²) >= 11 is 1.89. The lowest BCUT2D eigenvalue weighted by molar-refractivity contribution is 0.299. The summed E-state index contributed by atoms with van der Waals surface area (Å²) in [5, 5.41) is 13.6. The minimum absolute atomic E-state index is 0.211. The van der Waals surface area contributed by atoms with Crippen LogP contribution in [0, 0.1) is 0 Å². The van der Waals surface area contributed by atoms with E-state index in [1.165, 1.54) is 30.9 Å². The topological polar surface area (TPSA) is 20.2 Å². The summed E-state index contributed by atoms with van der Waals surface area (Å²) in [6, 6.07) is 26.6. The Balaban J connectivity index is 1.84. The lowest BCUT2D eigenvalue weighted by Gasteiger charge is -2.27. The summed E-state index contributed by atoms with van der Waals surface area (Å²) < 4.78 is 0. The molecule has 0 atom stereocenters. The lowest BCUT2D eigenvalue weighted by atomic mass is 10.2. The van der Waals surface area contributed by atoms with Crippen LogP contribution in [-0.4, -0.2) is 20.5 Å². The summed E-state index contributed by atoms with van der Waals surface area (Å²) in [6.45, 7) is 0.211. The van der Waals surface area contributed by atoms with Gasteiger partial charge in [0.25, 0.3) is 0 Å². The Morgan fingerprint density at radius 2 is 1.30 bits per heavy atom. The lowest BCUT2D eigenvalue weighted by Crippen LogP contribution is -2.55. The molecule has 0 aromatic heterocycles. The average molecular weight is 335 g/mol. The van der Waals surface area contributed by atoms with E-state index >= 15 is 0 Å². The van der Waals surface area contributed by atoms with Crippen molar-refractivity contribution in [3.63, 3.8) is 0 Å². The van der Waals surface area contributed by atoms with Crippen molar-refractivity contribution in [2.75, 3.05) is 6.61 Å². The molecule has 0 radical (unpaired) electrons. The maximum atomic E-state index is 9.10. The van der Waals surface area contributed by atoms with Gasteiger partial charge in [0.05, 0.1) is 0 Å². The van der Waals surface area contributed by atoms with Gasteiger partial charge in [-0.05, 0) is 34.5 Å². The number of hydrogen-bond donors (Lipinski definition) is 1. The van der Waals surface area contributed by atoms with Crippen molar-refractivity contribution < 1.29 is 5.11 Å². The summed E-state index contributed by atoms with van der Waals surface area (Å²) in [5.41, 5.74) is 1.21. The van der Waals surface area contributed by atoms with E-state index < -0.39 is 8.80 Å². The third-order valence-corrected chi connectivity index (χ3v) is 9.30. The molecule has 1 heterocycles. The zero-order valence-electron chi connectivity index (χ0n) is 12.8. The Morgan fingerprint density at radius 3 is 1.87 bits per heavy atom. The second kappa shape index (κ2) is 6.36. The van der Waals surface area contributed by atoms with Crippen LogP contribution >= 0.6 is 11.8 Å². The van der Waals surface area contributed by atoms with Crippen LogP contribution in [0.15, 0.2) is 82.6 Å². The first-order valence-corrected chi connectivity index (χ1v) is 10.5. The van der Waals surface area contributed by atoms with Gasteiger partial charge in [-0.25, -0.2) is 0 Å². The summed E-state index contributed by atoms with van der Waals surface area (Å²) in [4.78, 5) is 2.81. The van der Waals surface area contributed by atoms with E-state index in [4.69, 9.17) is 5.11 Å². The molecule has 3 aromatic rings. The molecular weight excluding hydrogens is 316 g/mol. The molecule has 1 aliphatic rings. The number of benzene rings is 3. The summed E-state index contributed by atoms with van der Waals surface area (Å²) in [7, 11) is -1.40. The normalized spacial score (nSPS) is 13.4. The number of aliphatic hydroxyl groups is 1. The Kier molecular flexibility index (Phi) is 4.08. The van der Waals surface area contributed by atoms with Gasteiger partial charge in [-0.15, -0.1) is 0 Å². The molecule has 0 fully saturated rings. The largest absolute Gasteiger partial charge is 0.396 e. The van der Waals surface area contributed by atoms with E-state index in [-0.39, 0.29) is 6.61 Å². The third-order valence-electron chi connectivity index (χ3n) is 4.39. The van der Waals surface area contributed by atoms with Crippen LogP contribution in [-0.2, 0) is 6.42 Å². The summed E-state index contributed by atoms with van der Waals surface area (Å²) in [5.74, 6) is 0. The number of hydrogen-bond acceptors (Lipinski definition) is 2. The van der Waals surface area contributed by atoms with Crippen molar-refractivity contribution in [1.82, 2.24) is 0 Å². The van der Waals surface area contributed by atoms with E-state index in [1.807, 2.05) is 11.8 Å². The first-order valence-electron chi connectivity index (χ1n) is 7.92. The molecule has 0 bridgehead atoms. The van der Waals surface area contributed by atoms with Crippen molar-refractivity contribution in [2.24, 2.45) is 0 Å². The van der Waals surface area contributed by atoms with Crippen molar-refractivity contribution in [3.05, 3.63) is 78.4 Å². The molecule has 0 spiro atoms. The molecule has 0 saturated heterocycles. The van der Waals surface area contributed by atoms with Crippen LogP contribution < -0.4 is 15.6 Å². The minimum Gasteiger partial charge on any atom is -0.396 e. The predicted octanol–water partition coefficient (Wildman–Crippen LogP) is 1.93. The van der Waals surface area contributed by atoms with Crippen LogP contribution in [0.1, 0.15) is 5.56 Å². The molecule has 1 N–H and O–H groups in total. The molecule has 0 saturated carbocycles. The standard InChI is InChI=1S/C20H18OSSi/c21-14-13-15-9-11-16(12-10-15)23-19-7-3-1-5-17(19)22-18-6-2-4-8-20(18)23/h1-12,21,23H,13-14H2. The fraction of sp³-hybridized carbons (Fsp3) is 0.100. The molecule has 0 amide bonds. The number of aliphatic hydroxyl groups excluding tert-OH is 1. The molecule has 114 valence electrons. The van der Waals surface area contributed by atoms with Gasteiger partial charge in [0.2, 0.25) is 0 Å². The fourth-order valence-corrected chi connectivity index (χ4v) is 8.24. The van der Waals surface area contributed by atoms with E-state index in [9.17, 15) is 0 Å². The molecule has 3 heteroatoms. The van der Waals surface area contributed by atoms with Crippen molar-refractivity contribution in [3.8, 4) is 0 Å². The van der Waals surface area contributed by atoms with Gasteiger partial charge in [-0.1, -0.05) is 77.6 Å². The molecule has 1 nitrogen and oxygen atoms in total. The van der Waals surface area contributed by atoms with E-state index in [1.54, 1.807) is 0 Å². The smallest absolute Gasteiger partial charge is 0.135 e. The van der Waals surface area contributed by atoms with Gasteiger partial charge in [0, 0.05) is 16.4 Å². The van der Waals surface area contributed by atoms with Crippen molar-refractivity contribution in [2.45, 2.75) is 16.2 Å². The molecule has 0 aliphatic carbocycles. The SMILES string of the molecule is OCCc1ccc([SiH]2c3ccccc3Sc3ccccc32)cc1. The zero-order chi connectivity index (χ0) is 15.6. The Hall–Kier alpha value is -1.81. The first kappa shape index (κ1) is 14.8.